The Hall–Kier alpha value is -1.92. The summed E-state index contributed by atoms with van der Waals surface area (Å²) in [7, 11) is 0. The molecular formula is C15H15BrN2O3. The number of aliphatic hydroxyl groups is 1. The number of rotatable bonds is 6. The van der Waals surface area contributed by atoms with Crippen molar-refractivity contribution >= 4 is 27.3 Å². The summed E-state index contributed by atoms with van der Waals surface area (Å²) in [6, 6.07) is 12.6. The first-order valence-electron chi connectivity index (χ1n) is 6.46. The van der Waals surface area contributed by atoms with Crippen LogP contribution in [-0.4, -0.2) is 16.6 Å². The normalized spacial score (nSPS) is 10.4. The van der Waals surface area contributed by atoms with Crippen LogP contribution in [0, 0.1) is 10.1 Å². The molecule has 2 aromatic carbocycles. The number of anilines is 1. The van der Waals surface area contributed by atoms with Crippen LogP contribution in [0.3, 0.4) is 0 Å². The first-order valence-corrected chi connectivity index (χ1v) is 7.26. The van der Waals surface area contributed by atoms with Gasteiger partial charge in [-0.3, -0.25) is 10.1 Å². The molecule has 21 heavy (non-hydrogen) atoms. The van der Waals surface area contributed by atoms with Crippen molar-refractivity contribution in [2.45, 2.75) is 13.0 Å². The Morgan fingerprint density at radius 2 is 1.81 bits per heavy atom. The van der Waals surface area contributed by atoms with E-state index in [0.717, 1.165) is 17.5 Å². The minimum absolute atomic E-state index is 0.0314. The van der Waals surface area contributed by atoms with Gasteiger partial charge in [0.15, 0.2) is 0 Å². The molecule has 0 aliphatic heterocycles. The van der Waals surface area contributed by atoms with E-state index >= 15 is 0 Å². The average molecular weight is 351 g/mol. The van der Waals surface area contributed by atoms with Crippen LogP contribution in [0.4, 0.5) is 11.4 Å². The van der Waals surface area contributed by atoms with Crippen LogP contribution in [0.1, 0.15) is 11.1 Å². The van der Waals surface area contributed by atoms with Crippen LogP contribution in [-0.2, 0) is 13.0 Å². The van der Waals surface area contributed by atoms with E-state index in [-0.39, 0.29) is 12.3 Å². The Labute approximate surface area is 130 Å². The molecule has 0 aromatic heterocycles. The number of nitrogens with one attached hydrogen (secondary N) is 1. The molecule has 0 amide bonds. The van der Waals surface area contributed by atoms with E-state index in [0.29, 0.717) is 16.7 Å². The van der Waals surface area contributed by atoms with Gasteiger partial charge in [-0.2, -0.15) is 0 Å². The minimum Gasteiger partial charge on any atom is -0.392 e. The first-order chi connectivity index (χ1) is 10.1. The second-order valence-corrected chi connectivity index (χ2v) is 5.49. The van der Waals surface area contributed by atoms with E-state index < -0.39 is 4.92 Å². The minimum atomic E-state index is -0.400. The molecule has 0 saturated heterocycles. The standard InChI is InChI=1S/C15H15BrN2O3/c16-13-5-6-14(15(9-13)18(20)21)17-8-7-11-1-3-12(10-19)4-2-11/h1-6,9,17,19H,7-8,10H2. The van der Waals surface area contributed by atoms with Crippen LogP contribution in [0.15, 0.2) is 46.9 Å². The molecule has 0 fully saturated rings. The fourth-order valence-electron chi connectivity index (χ4n) is 1.96. The summed E-state index contributed by atoms with van der Waals surface area (Å²) in [6.45, 7) is 0.630. The van der Waals surface area contributed by atoms with Gasteiger partial charge in [0.2, 0.25) is 0 Å². The summed E-state index contributed by atoms with van der Waals surface area (Å²) in [6.07, 6.45) is 0.749. The summed E-state index contributed by atoms with van der Waals surface area (Å²) < 4.78 is 0.680. The third-order valence-electron chi connectivity index (χ3n) is 3.09. The Bertz CT molecular complexity index is 629. The smallest absolute Gasteiger partial charge is 0.293 e. The van der Waals surface area contributed by atoms with Crippen molar-refractivity contribution < 1.29 is 10.0 Å². The molecule has 0 heterocycles. The molecule has 2 N–H and O–H groups in total. The zero-order chi connectivity index (χ0) is 15.2. The van der Waals surface area contributed by atoms with Gasteiger partial charge >= 0.3 is 0 Å². The molecule has 2 rings (SSSR count). The Balaban J connectivity index is 1.98. The summed E-state index contributed by atoms with van der Waals surface area (Å²) in [4.78, 5) is 10.6. The highest BCUT2D eigenvalue weighted by Crippen LogP contribution is 2.27. The lowest BCUT2D eigenvalue weighted by Gasteiger charge is -2.08. The van der Waals surface area contributed by atoms with Crippen LogP contribution < -0.4 is 5.32 Å². The number of halogens is 1. The second kappa shape index (κ2) is 7.19. The maximum atomic E-state index is 11.0. The number of aliphatic hydroxyl groups excluding tert-OH is 1. The van der Waals surface area contributed by atoms with Crippen molar-refractivity contribution in [1.29, 1.82) is 0 Å². The van der Waals surface area contributed by atoms with Gasteiger partial charge in [-0.05, 0) is 29.7 Å². The Morgan fingerprint density at radius 1 is 1.14 bits per heavy atom. The molecule has 2 aromatic rings. The molecule has 0 atom stereocenters. The predicted molar refractivity (Wildman–Crippen MR) is 85.4 cm³/mol. The predicted octanol–water partition coefficient (Wildman–Crippen LogP) is 3.50. The maximum Gasteiger partial charge on any atom is 0.293 e. The summed E-state index contributed by atoms with van der Waals surface area (Å²) in [5, 5.41) is 23.1. The van der Waals surface area contributed by atoms with Crippen LogP contribution in [0.5, 0.6) is 0 Å². The van der Waals surface area contributed by atoms with Crippen molar-refractivity contribution in [3.63, 3.8) is 0 Å². The van der Waals surface area contributed by atoms with Crippen LogP contribution in [0.25, 0.3) is 0 Å². The van der Waals surface area contributed by atoms with Gasteiger partial charge in [0.25, 0.3) is 5.69 Å². The summed E-state index contributed by atoms with van der Waals surface area (Å²) in [5.74, 6) is 0. The monoisotopic (exact) mass is 350 g/mol. The summed E-state index contributed by atoms with van der Waals surface area (Å²) in [5.41, 5.74) is 2.55. The highest BCUT2D eigenvalue weighted by Gasteiger charge is 2.13. The quantitative estimate of drug-likeness (QED) is 0.617. The van der Waals surface area contributed by atoms with Gasteiger partial charge in [-0.25, -0.2) is 0 Å². The zero-order valence-corrected chi connectivity index (χ0v) is 12.8. The second-order valence-electron chi connectivity index (χ2n) is 4.57. The lowest BCUT2D eigenvalue weighted by atomic mass is 10.1. The first kappa shape index (κ1) is 15.5. The van der Waals surface area contributed by atoms with Crippen molar-refractivity contribution in [2.24, 2.45) is 0 Å². The fraction of sp³-hybridized carbons (Fsp3) is 0.200. The van der Waals surface area contributed by atoms with Crippen LogP contribution >= 0.6 is 15.9 Å². The molecular weight excluding hydrogens is 336 g/mol. The van der Waals surface area contributed by atoms with Gasteiger partial charge in [-0.15, -0.1) is 0 Å². The molecule has 0 spiro atoms. The zero-order valence-electron chi connectivity index (χ0n) is 11.3. The Morgan fingerprint density at radius 3 is 2.43 bits per heavy atom. The molecule has 0 unspecified atom stereocenters. The topological polar surface area (TPSA) is 75.4 Å². The van der Waals surface area contributed by atoms with E-state index in [2.05, 4.69) is 21.2 Å². The van der Waals surface area contributed by atoms with Crippen molar-refractivity contribution in [2.75, 3.05) is 11.9 Å². The van der Waals surface area contributed by atoms with E-state index in [1.54, 1.807) is 12.1 Å². The lowest BCUT2D eigenvalue weighted by molar-refractivity contribution is -0.384. The van der Waals surface area contributed by atoms with Crippen molar-refractivity contribution in [3.05, 3.63) is 68.2 Å². The number of hydrogen-bond donors (Lipinski definition) is 2. The van der Waals surface area contributed by atoms with Crippen molar-refractivity contribution in [1.82, 2.24) is 0 Å². The molecule has 0 radical (unpaired) electrons. The number of nitrogens with zero attached hydrogens (tertiary/aromatic N) is 1. The fourth-order valence-corrected chi connectivity index (χ4v) is 2.31. The molecule has 0 bridgehead atoms. The molecule has 0 aliphatic carbocycles. The van der Waals surface area contributed by atoms with Gasteiger partial charge < -0.3 is 10.4 Å². The number of nitro benzene ring substituents is 1. The molecule has 0 saturated carbocycles. The molecule has 0 aliphatic rings. The van der Waals surface area contributed by atoms with E-state index in [1.165, 1.54) is 6.07 Å². The van der Waals surface area contributed by atoms with Crippen LogP contribution in [0.2, 0.25) is 0 Å². The SMILES string of the molecule is O=[N+]([O-])c1cc(Br)ccc1NCCc1ccc(CO)cc1. The third-order valence-corrected chi connectivity index (χ3v) is 3.58. The van der Waals surface area contributed by atoms with Gasteiger partial charge in [0, 0.05) is 17.1 Å². The number of hydrogen-bond acceptors (Lipinski definition) is 4. The van der Waals surface area contributed by atoms with Gasteiger partial charge in [0.1, 0.15) is 5.69 Å². The average Bonchev–Trinajstić information content (AvgIpc) is 2.49. The van der Waals surface area contributed by atoms with E-state index in [4.69, 9.17) is 5.11 Å². The van der Waals surface area contributed by atoms with Gasteiger partial charge in [0.05, 0.1) is 11.5 Å². The lowest BCUT2D eigenvalue weighted by Crippen LogP contribution is -2.07. The Kier molecular flexibility index (Phi) is 5.30. The highest BCUT2D eigenvalue weighted by molar-refractivity contribution is 9.10. The summed E-state index contributed by atoms with van der Waals surface area (Å²) >= 11 is 3.23. The number of benzene rings is 2. The molecule has 6 heteroatoms. The molecule has 5 nitrogen and oxygen atoms in total. The van der Waals surface area contributed by atoms with E-state index in [1.807, 2.05) is 24.3 Å². The third kappa shape index (κ3) is 4.27. The molecule has 110 valence electrons. The van der Waals surface area contributed by atoms with Crippen molar-refractivity contribution in [3.8, 4) is 0 Å². The largest absolute Gasteiger partial charge is 0.392 e. The van der Waals surface area contributed by atoms with Gasteiger partial charge in [-0.1, -0.05) is 40.2 Å². The number of nitro groups is 1. The highest BCUT2D eigenvalue weighted by atomic mass is 79.9. The maximum absolute atomic E-state index is 11.0. The van der Waals surface area contributed by atoms with E-state index in [9.17, 15) is 10.1 Å².